The molecule has 3 rings (SSSR count). The van der Waals surface area contributed by atoms with Gasteiger partial charge in [-0.05, 0) is 54.7 Å². The molecule has 0 bridgehead atoms. The lowest BCUT2D eigenvalue weighted by molar-refractivity contribution is -0.137. The highest BCUT2D eigenvalue weighted by Crippen LogP contribution is 2.36. The first-order valence-corrected chi connectivity index (χ1v) is 9.62. The van der Waals surface area contributed by atoms with Crippen LogP contribution >= 0.6 is 0 Å². The Balaban J connectivity index is 1.68. The van der Waals surface area contributed by atoms with Gasteiger partial charge in [0.2, 0.25) is 5.91 Å². The fourth-order valence-corrected chi connectivity index (χ4v) is 3.18. The lowest BCUT2D eigenvalue weighted by atomic mass is 10.1. The molecule has 0 aliphatic heterocycles. The molecule has 2 N–H and O–H groups in total. The summed E-state index contributed by atoms with van der Waals surface area (Å²) < 4.78 is 45.7. The van der Waals surface area contributed by atoms with E-state index in [9.17, 15) is 18.0 Å². The van der Waals surface area contributed by atoms with E-state index < -0.39 is 17.6 Å². The second-order valence-corrected chi connectivity index (χ2v) is 7.36. The summed E-state index contributed by atoms with van der Waals surface area (Å²) in [5.41, 5.74) is 5.07. The number of nitrogens with two attached hydrogens (primary N) is 1. The van der Waals surface area contributed by atoms with E-state index in [1.165, 1.54) is 6.07 Å². The second kappa shape index (κ2) is 9.08. The monoisotopic (exact) mass is 417 g/mol. The van der Waals surface area contributed by atoms with Gasteiger partial charge < -0.3 is 15.4 Å². The average Bonchev–Trinajstić information content (AvgIpc) is 3.51. The van der Waals surface area contributed by atoms with Gasteiger partial charge in [0, 0.05) is 12.2 Å². The van der Waals surface area contributed by atoms with Crippen molar-refractivity contribution in [2.24, 2.45) is 11.7 Å². The number of carbonyl (C=O) groups is 1. The maximum absolute atomic E-state index is 13.3. The van der Waals surface area contributed by atoms with Gasteiger partial charge in [-0.25, -0.2) is 0 Å². The molecule has 1 saturated carbocycles. The summed E-state index contributed by atoms with van der Waals surface area (Å²) in [5.74, 6) is 0.647. The number of alkyl halides is 3. The number of ether oxygens (including phenoxy) is 1. The first-order chi connectivity index (χ1) is 14.3. The quantitative estimate of drug-likeness (QED) is 0.671. The lowest BCUT2D eigenvalue weighted by Gasteiger charge is -2.26. The maximum atomic E-state index is 13.3. The van der Waals surface area contributed by atoms with Gasteiger partial charge in [0.05, 0.1) is 30.2 Å². The number of nitrogens with zero attached hydrogens (tertiary/aromatic N) is 2. The second-order valence-electron chi connectivity index (χ2n) is 7.36. The van der Waals surface area contributed by atoms with Crippen molar-refractivity contribution >= 4 is 11.6 Å². The third kappa shape index (κ3) is 5.89. The zero-order valence-electron chi connectivity index (χ0n) is 16.3. The molecule has 0 saturated heterocycles. The van der Waals surface area contributed by atoms with Crippen molar-refractivity contribution in [2.45, 2.75) is 25.4 Å². The van der Waals surface area contributed by atoms with Gasteiger partial charge >= 0.3 is 6.18 Å². The molecule has 158 valence electrons. The first kappa shape index (κ1) is 21.5. The minimum absolute atomic E-state index is 0.148. The van der Waals surface area contributed by atoms with Crippen molar-refractivity contribution < 1.29 is 22.7 Å². The Morgan fingerprint density at radius 3 is 2.47 bits per heavy atom. The Labute approximate surface area is 172 Å². The summed E-state index contributed by atoms with van der Waals surface area (Å²) in [4.78, 5) is 12.8. The van der Waals surface area contributed by atoms with Crippen LogP contribution in [-0.2, 0) is 17.4 Å². The molecule has 0 heterocycles. The van der Waals surface area contributed by atoms with Gasteiger partial charge in [0.15, 0.2) is 0 Å². The predicted octanol–water partition coefficient (Wildman–Crippen LogP) is 3.90. The molecule has 5 nitrogen and oxygen atoms in total. The van der Waals surface area contributed by atoms with Gasteiger partial charge in [-0.15, -0.1) is 0 Å². The van der Waals surface area contributed by atoms with Crippen molar-refractivity contribution in [1.82, 2.24) is 0 Å². The van der Waals surface area contributed by atoms with Crippen LogP contribution < -0.4 is 15.4 Å². The topological polar surface area (TPSA) is 79.3 Å². The van der Waals surface area contributed by atoms with Crippen LogP contribution in [0, 0.1) is 17.2 Å². The SMILES string of the molecule is N#Cc1ccc(N(CCOc2ccc(CC(N)=O)cc2)CC2CC2)cc1C(F)(F)F. The van der Waals surface area contributed by atoms with E-state index in [0.717, 1.165) is 24.5 Å². The first-order valence-electron chi connectivity index (χ1n) is 9.62. The summed E-state index contributed by atoms with van der Waals surface area (Å²) in [6.07, 6.45) is -2.33. The molecular formula is C22H22F3N3O2. The third-order valence-corrected chi connectivity index (χ3v) is 4.90. The Morgan fingerprint density at radius 2 is 1.90 bits per heavy atom. The molecule has 1 aliphatic carbocycles. The Kier molecular flexibility index (Phi) is 6.50. The molecule has 8 heteroatoms. The normalized spacial score (nSPS) is 13.5. The molecule has 1 aliphatic rings. The van der Waals surface area contributed by atoms with Crippen molar-refractivity contribution in [1.29, 1.82) is 5.26 Å². The largest absolute Gasteiger partial charge is 0.492 e. The Hall–Kier alpha value is -3.21. The number of anilines is 1. The van der Waals surface area contributed by atoms with Crippen molar-refractivity contribution in [3.63, 3.8) is 0 Å². The molecule has 1 amide bonds. The van der Waals surface area contributed by atoms with Gasteiger partial charge in [-0.2, -0.15) is 18.4 Å². The Morgan fingerprint density at radius 1 is 1.20 bits per heavy atom. The molecule has 2 aromatic carbocycles. The van der Waals surface area contributed by atoms with Crippen molar-refractivity contribution in [2.75, 3.05) is 24.6 Å². The van der Waals surface area contributed by atoms with Crippen LogP contribution in [0.5, 0.6) is 5.75 Å². The highest BCUT2D eigenvalue weighted by Gasteiger charge is 2.34. The molecule has 0 atom stereocenters. The number of hydrogen-bond acceptors (Lipinski definition) is 4. The summed E-state index contributed by atoms with van der Waals surface area (Å²) in [7, 11) is 0. The van der Waals surface area contributed by atoms with Gasteiger partial charge in [-0.1, -0.05) is 12.1 Å². The van der Waals surface area contributed by atoms with Crippen LogP contribution in [0.4, 0.5) is 18.9 Å². The standard InChI is InChI=1S/C22H22F3N3O2/c23-22(24,25)20-12-18(6-5-17(20)13-26)28(14-16-1-2-16)9-10-30-19-7-3-15(4-8-19)11-21(27)29/h3-8,12,16H,1-2,9-11,14H2,(H2,27,29). The van der Waals surface area contributed by atoms with Crippen LogP contribution in [0.3, 0.4) is 0 Å². The van der Waals surface area contributed by atoms with E-state index in [1.807, 2.05) is 4.90 Å². The van der Waals surface area contributed by atoms with Crippen LogP contribution in [0.25, 0.3) is 0 Å². The molecule has 1 fully saturated rings. The minimum Gasteiger partial charge on any atom is -0.492 e. The lowest BCUT2D eigenvalue weighted by Crippen LogP contribution is -2.30. The van der Waals surface area contributed by atoms with E-state index in [0.29, 0.717) is 30.4 Å². The number of halogens is 3. The average molecular weight is 417 g/mol. The minimum atomic E-state index is -4.59. The Bertz CT molecular complexity index is 932. The van der Waals surface area contributed by atoms with E-state index >= 15 is 0 Å². The molecule has 30 heavy (non-hydrogen) atoms. The smallest absolute Gasteiger partial charge is 0.417 e. The molecule has 0 aromatic heterocycles. The highest BCUT2D eigenvalue weighted by atomic mass is 19.4. The van der Waals surface area contributed by atoms with Crippen molar-refractivity contribution in [3.8, 4) is 11.8 Å². The van der Waals surface area contributed by atoms with Crippen LogP contribution in [0.1, 0.15) is 29.5 Å². The van der Waals surface area contributed by atoms with Crippen LogP contribution in [0.2, 0.25) is 0 Å². The summed E-state index contributed by atoms with van der Waals surface area (Å²) >= 11 is 0. The molecular weight excluding hydrogens is 395 g/mol. The van der Waals surface area contributed by atoms with Crippen molar-refractivity contribution in [3.05, 3.63) is 59.2 Å². The van der Waals surface area contributed by atoms with E-state index in [-0.39, 0.29) is 18.6 Å². The number of rotatable bonds is 9. The predicted molar refractivity (Wildman–Crippen MR) is 106 cm³/mol. The number of nitriles is 1. The third-order valence-electron chi connectivity index (χ3n) is 4.90. The zero-order chi connectivity index (χ0) is 21.7. The van der Waals surface area contributed by atoms with E-state index in [1.54, 1.807) is 36.4 Å². The number of primary amides is 1. The molecule has 0 spiro atoms. The van der Waals surface area contributed by atoms with E-state index in [2.05, 4.69) is 0 Å². The van der Waals surface area contributed by atoms with Gasteiger partial charge in [0.25, 0.3) is 0 Å². The summed E-state index contributed by atoms with van der Waals surface area (Å²) in [5, 5.41) is 8.99. The fraction of sp³-hybridized carbons (Fsp3) is 0.364. The number of benzene rings is 2. The van der Waals surface area contributed by atoms with Gasteiger partial charge in [0.1, 0.15) is 12.4 Å². The molecule has 2 aromatic rings. The highest BCUT2D eigenvalue weighted by molar-refractivity contribution is 5.76. The molecule has 0 unspecified atom stereocenters. The maximum Gasteiger partial charge on any atom is 0.417 e. The van der Waals surface area contributed by atoms with Crippen LogP contribution in [0.15, 0.2) is 42.5 Å². The number of amides is 1. The zero-order valence-corrected chi connectivity index (χ0v) is 16.3. The van der Waals surface area contributed by atoms with Crippen LogP contribution in [-0.4, -0.2) is 25.6 Å². The number of hydrogen-bond donors (Lipinski definition) is 1. The fourth-order valence-electron chi connectivity index (χ4n) is 3.18. The number of carbonyl (C=O) groups excluding carboxylic acids is 1. The van der Waals surface area contributed by atoms with Gasteiger partial charge in [-0.3, -0.25) is 4.79 Å². The molecule has 0 radical (unpaired) electrons. The summed E-state index contributed by atoms with van der Waals surface area (Å²) in [6, 6.07) is 12.4. The summed E-state index contributed by atoms with van der Waals surface area (Å²) in [6.45, 7) is 1.33. The van der Waals surface area contributed by atoms with E-state index in [4.69, 9.17) is 15.7 Å².